The van der Waals surface area contributed by atoms with Crippen LogP contribution in [0.3, 0.4) is 0 Å². The third-order valence-corrected chi connectivity index (χ3v) is 9.58. The van der Waals surface area contributed by atoms with E-state index in [1.54, 1.807) is 30.3 Å². The third kappa shape index (κ3) is 5.23. The van der Waals surface area contributed by atoms with Crippen LogP contribution in [0.1, 0.15) is 49.7 Å². The van der Waals surface area contributed by atoms with E-state index in [-0.39, 0.29) is 42.4 Å². The molecule has 2 heterocycles. The van der Waals surface area contributed by atoms with Gasteiger partial charge in [-0.05, 0) is 60.9 Å². The van der Waals surface area contributed by atoms with Crippen LogP contribution >= 0.6 is 0 Å². The number of nitrogens with zero attached hydrogens (tertiary/aromatic N) is 1. The summed E-state index contributed by atoms with van der Waals surface area (Å²) in [4.78, 5) is 36.2. The van der Waals surface area contributed by atoms with Gasteiger partial charge in [-0.3, -0.25) is 14.4 Å². The molecule has 12 heteroatoms. The fraction of sp³-hybridized carbons (Fsp3) is 0.300. The Morgan fingerprint density at radius 2 is 1.57 bits per heavy atom. The summed E-state index contributed by atoms with van der Waals surface area (Å²) >= 11 is 0. The molecule has 2 aliphatic heterocycles. The molecule has 0 spiro atoms. The quantitative estimate of drug-likeness (QED) is 0.313. The van der Waals surface area contributed by atoms with Crippen molar-refractivity contribution >= 4 is 27.9 Å². The molecule has 0 radical (unpaired) electrons. The second-order valence-corrected chi connectivity index (χ2v) is 12.1. The SMILES string of the molecule is CC(=O)Oc1ccc(C2COc3cc(OC(C)=O)ccc3C2[C@@]2(C(=O)O)CCCN2S(=O)(=O)c2ccc(F)cc2)cc1. The van der Waals surface area contributed by atoms with Crippen molar-refractivity contribution in [2.75, 3.05) is 13.2 Å². The molecule has 3 aromatic carbocycles. The van der Waals surface area contributed by atoms with Crippen LogP contribution in [0.15, 0.2) is 71.6 Å². The van der Waals surface area contributed by atoms with Gasteiger partial charge in [-0.25, -0.2) is 12.8 Å². The van der Waals surface area contributed by atoms with E-state index in [1.165, 1.54) is 26.0 Å². The van der Waals surface area contributed by atoms with Crippen LogP contribution in [0.5, 0.6) is 17.2 Å². The number of aliphatic carboxylic acids is 1. The maximum atomic E-state index is 14.0. The van der Waals surface area contributed by atoms with Gasteiger partial charge in [0.15, 0.2) is 0 Å². The van der Waals surface area contributed by atoms with Crippen LogP contribution in [0.2, 0.25) is 0 Å². The van der Waals surface area contributed by atoms with Crippen molar-refractivity contribution in [2.24, 2.45) is 0 Å². The van der Waals surface area contributed by atoms with E-state index in [1.807, 2.05) is 0 Å². The Kier molecular flexibility index (Phi) is 7.78. The van der Waals surface area contributed by atoms with Crippen molar-refractivity contribution in [3.63, 3.8) is 0 Å². The molecule has 42 heavy (non-hydrogen) atoms. The number of esters is 2. The number of carbonyl (C=O) groups is 3. The van der Waals surface area contributed by atoms with Crippen molar-refractivity contribution in [1.29, 1.82) is 0 Å². The molecule has 3 atom stereocenters. The van der Waals surface area contributed by atoms with E-state index < -0.39 is 51.1 Å². The predicted octanol–water partition coefficient (Wildman–Crippen LogP) is 4.24. The summed E-state index contributed by atoms with van der Waals surface area (Å²) in [5.41, 5.74) is -0.888. The van der Waals surface area contributed by atoms with Crippen LogP contribution in [-0.2, 0) is 24.4 Å². The Morgan fingerprint density at radius 1 is 0.952 bits per heavy atom. The second kappa shape index (κ2) is 11.2. The molecule has 3 aromatic rings. The smallest absolute Gasteiger partial charge is 0.325 e. The number of rotatable bonds is 7. The molecule has 1 saturated heterocycles. The zero-order valence-electron chi connectivity index (χ0n) is 22.8. The highest BCUT2D eigenvalue weighted by atomic mass is 32.2. The third-order valence-electron chi connectivity index (χ3n) is 7.62. The average Bonchev–Trinajstić information content (AvgIpc) is 3.40. The van der Waals surface area contributed by atoms with Crippen molar-refractivity contribution in [2.45, 2.75) is 49.0 Å². The molecule has 2 aliphatic rings. The van der Waals surface area contributed by atoms with Gasteiger partial charge in [-0.1, -0.05) is 18.2 Å². The van der Waals surface area contributed by atoms with Crippen molar-refractivity contribution in [1.82, 2.24) is 4.31 Å². The highest BCUT2D eigenvalue weighted by Crippen LogP contribution is 2.55. The molecule has 2 unspecified atom stereocenters. The molecule has 0 amide bonds. The topological polar surface area (TPSA) is 137 Å². The first-order valence-corrected chi connectivity index (χ1v) is 14.6. The standard InChI is InChI=1S/C30H28FNO9S/c1-18(33)40-22-8-4-20(5-9-22)26-17-39-27-16-23(41-19(2)34)10-13-25(27)28(26)30(29(35)36)14-3-15-32(30)42(37,38)24-11-6-21(31)7-12-24/h4-13,16,26,28H,3,14-15,17H2,1-2H3,(H,35,36)/t26?,28?,30-/m1/s1. The first-order chi connectivity index (χ1) is 19.9. The van der Waals surface area contributed by atoms with Gasteiger partial charge in [0.1, 0.15) is 28.6 Å². The molecule has 0 aliphatic carbocycles. The molecular formula is C30H28FNO9S. The Bertz CT molecular complexity index is 1640. The molecule has 0 saturated carbocycles. The van der Waals surface area contributed by atoms with Gasteiger partial charge < -0.3 is 19.3 Å². The highest BCUT2D eigenvalue weighted by Gasteiger charge is 2.61. The van der Waals surface area contributed by atoms with E-state index in [0.29, 0.717) is 16.9 Å². The molecule has 220 valence electrons. The van der Waals surface area contributed by atoms with E-state index >= 15 is 0 Å². The minimum atomic E-state index is -4.39. The first-order valence-electron chi connectivity index (χ1n) is 13.2. The lowest BCUT2D eigenvalue weighted by atomic mass is 9.67. The minimum absolute atomic E-state index is 0.000589. The molecular weight excluding hydrogens is 569 g/mol. The fourth-order valence-corrected chi connectivity index (χ4v) is 7.80. The zero-order valence-corrected chi connectivity index (χ0v) is 23.6. The highest BCUT2D eigenvalue weighted by molar-refractivity contribution is 7.89. The predicted molar refractivity (Wildman–Crippen MR) is 146 cm³/mol. The van der Waals surface area contributed by atoms with E-state index in [9.17, 15) is 32.3 Å². The number of hydrogen-bond donors (Lipinski definition) is 1. The van der Waals surface area contributed by atoms with E-state index in [2.05, 4.69) is 0 Å². The molecule has 1 N–H and O–H groups in total. The number of fused-ring (bicyclic) bond motifs is 1. The number of carbonyl (C=O) groups excluding carboxylic acids is 2. The molecule has 0 aromatic heterocycles. The van der Waals surface area contributed by atoms with E-state index in [0.717, 1.165) is 28.6 Å². The summed E-state index contributed by atoms with van der Waals surface area (Å²) in [6, 6.07) is 15.3. The second-order valence-electron chi connectivity index (χ2n) is 10.2. The average molecular weight is 598 g/mol. The Morgan fingerprint density at radius 3 is 2.19 bits per heavy atom. The maximum Gasteiger partial charge on any atom is 0.325 e. The number of halogens is 1. The number of carboxylic acid groups (broad SMARTS) is 1. The number of carboxylic acids is 1. The largest absolute Gasteiger partial charge is 0.492 e. The van der Waals surface area contributed by atoms with Gasteiger partial charge in [0.25, 0.3) is 0 Å². The van der Waals surface area contributed by atoms with Crippen LogP contribution in [0, 0.1) is 5.82 Å². The van der Waals surface area contributed by atoms with E-state index in [4.69, 9.17) is 14.2 Å². The van der Waals surface area contributed by atoms with Gasteiger partial charge in [0.2, 0.25) is 10.0 Å². The number of benzene rings is 3. The van der Waals surface area contributed by atoms with Gasteiger partial charge in [0, 0.05) is 43.9 Å². The van der Waals surface area contributed by atoms with Crippen molar-refractivity contribution < 1.29 is 46.5 Å². The van der Waals surface area contributed by atoms with Gasteiger partial charge in [-0.15, -0.1) is 0 Å². The lowest BCUT2D eigenvalue weighted by Gasteiger charge is -2.46. The monoisotopic (exact) mass is 597 g/mol. The maximum absolute atomic E-state index is 14.0. The fourth-order valence-electron chi connectivity index (χ4n) is 5.99. The lowest BCUT2D eigenvalue weighted by molar-refractivity contribution is -0.149. The number of sulfonamides is 1. The van der Waals surface area contributed by atoms with Crippen LogP contribution in [0.25, 0.3) is 0 Å². The minimum Gasteiger partial charge on any atom is -0.492 e. The Labute approximate surface area is 241 Å². The van der Waals surface area contributed by atoms with Gasteiger partial charge in [-0.2, -0.15) is 4.31 Å². The van der Waals surface area contributed by atoms with Crippen LogP contribution in [0.4, 0.5) is 4.39 Å². The van der Waals surface area contributed by atoms with Gasteiger partial charge in [0.05, 0.1) is 11.5 Å². The summed E-state index contributed by atoms with van der Waals surface area (Å²) in [5, 5.41) is 10.9. The Hall–Kier alpha value is -4.29. The normalized spacial score (nSPS) is 22.1. The molecule has 0 bridgehead atoms. The zero-order chi connectivity index (χ0) is 30.2. The van der Waals surface area contributed by atoms with Crippen LogP contribution in [-0.4, -0.2) is 54.4 Å². The first kappa shape index (κ1) is 29.2. The molecule has 5 rings (SSSR count). The summed E-state index contributed by atoms with van der Waals surface area (Å²) in [5.74, 6) is -3.88. The molecule has 10 nitrogen and oxygen atoms in total. The van der Waals surface area contributed by atoms with Crippen molar-refractivity contribution in [3.05, 3.63) is 83.7 Å². The Balaban J connectivity index is 1.68. The van der Waals surface area contributed by atoms with Crippen LogP contribution < -0.4 is 14.2 Å². The summed E-state index contributed by atoms with van der Waals surface area (Å²) in [6.07, 6.45) is 0.268. The number of ether oxygens (including phenoxy) is 3. The van der Waals surface area contributed by atoms with Gasteiger partial charge >= 0.3 is 17.9 Å². The summed E-state index contributed by atoms with van der Waals surface area (Å²) in [6.45, 7) is 2.43. The summed E-state index contributed by atoms with van der Waals surface area (Å²) in [7, 11) is -4.39. The number of hydrogen-bond acceptors (Lipinski definition) is 8. The molecule has 1 fully saturated rings. The lowest BCUT2D eigenvalue weighted by Crippen LogP contribution is -2.59. The van der Waals surface area contributed by atoms with Crippen molar-refractivity contribution in [3.8, 4) is 17.2 Å². The summed E-state index contributed by atoms with van der Waals surface area (Å²) < 4.78 is 59.1.